The number of aryl methyl sites for hydroxylation is 1. The van der Waals surface area contributed by atoms with Crippen LogP contribution in [-0.2, 0) is 0 Å². The van der Waals surface area contributed by atoms with Crippen LogP contribution in [-0.4, -0.2) is 30.1 Å². The van der Waals surface area contributed by atoms with Crippen LogP contribution in [0.4, 0.5) is 0 Å². The lowest BCUT2D eigenvalue weighted by atomic mass is 10.1. The van der Waals surface area contributed by atoms with Crippen LogP contribution in [0.25, 0.3) is 0 Å². The molecule has 0 spiro atoms. The number of benzene rings is 1. The Morgan fingerprint density at radius 2 is 1.83 bits per heavy atom. The molecule has 4 heteroatoms. The molecule has 4 nitrogen and oxygen atoms in total. The van der Waals surface area contributed by atoms with E-state index in [4.69, 9.17) is 0 Å². The maximum absolute atomic E-state index is 12.5. The molecule has 1 atom stereocenters. The zero-order chi connectivity index (χ0) is 17.5. The number of carbonyl (C=O) groups excluding carboxylic acids is 1. The van der Waals surface area contributed by atoms with Crippen LogP contribution in [0.5, 0.6) is 0 Å². The average Bonchev–Trinajstić information content (AvgIpc) is 2.89. The minimum absolute atomic E-state index is 0.00732. The van der Waals surface area contributed by atoms with E-state index in [1.807, 2.05) is 19.1 Å². The molecule has 0 aliphatic rings. The van der Waals surface area contributed by atoms with E-state index in [0.29, 0.717) is 6.54 Å². The lowest BCUT2D eigenvalue weighted by Gasteiger charge is -2.19. The van der Waals surface area contributed by atoms with Gasteiger partial charge in [0, 0.05) is 24.5 Å². The Morgan fingerprint density at radius 1 is 1.12 bits per heavy atom. The summed E-state index contributed by atoms with van der Waals surface area (Å²) >= 11 is 0. The molecule has 2 rings (SSSR count). The Hall–Kier alpha value is -2.07. The summed E-state index contributed by atoms with van der Waals surface area (Å²) in [5, 5.41) is 6.30. The number of hydrogen-bond acceptors (Lipinski definition) is 2. The lowest BCUT2D eigenvalue weighted by molar-refractivity contribution is 0.0953. The highest BCUT2D eigenvalue weighted by Gasteiger charge is 2.19. The Labute approximate surface area is 145 Å². The standard InChI is InChI=1S/C20H29N3O/c1-5-11-21-12-13-22-20(24)19-14-15(2)23(17(19)4)16(3)18-9-7-6-8-10-18/h6-10,14,16,21H,5,11-13H2,1-4H3,(H,22,24). The van der Waals surface area contributed by atoms with Crippen LogP contribution < -0.4 is 10.6 Å². The largest absolute Gasteiger partial charge is 0.351 e. The van der Waals surface area contributed by atoms with Crippen LogP contribution in [0.2, 0.25) is 0 Å². The third-order valence-corrected chi connectivity index (χ3v) is 4.41. The Kier molecular flexibility index (Phi) is 6.62. The van der Waals surface area contributed by atoms with Crippen LogP contribution in [0.15, 0.2) is 36.4 Å². The normalized spacial score (nSPS) is 12.2. The molecule has 1 unspecified atom stereocenters. The number of carbonyl (C=O) groups is 1. The van der Waals surface area contributed by atoms with Crippen LogP contribution in [0, 0.1) is 13.8 Å². The van der Waals surface area contributed by atoms with E-state index in [-0.39, 0.29) is 11.9 Å². The average molecular weight is 327 g/mol. The van der Waals surface area contributed by atoms with Gasteiger partial charge in [0.15, 0.2) is 0 Å². The van der Waals surface area contributed by atoms with Gasteiger partial charge < -0.3 is 15.2 Å². The van der Waals surface area contributed by atoms with Crippen molar-refractivity contribution in [2.24, 2.45) is 0 Å². The van der Waals surface area contributed by atoms with E-state index >= 15 is 0 Å². The summed E-state index contributed by atoms with van der Waals surface area (Å²) in [5.74, 6) is 0.00732. The first kappa shape index (κ1) is 18.3. The van der Waals surface area contributed by atoms with Gasteiger partial charge in [0.2, 0.25) is 0 Å². The fourth-order valence-corrected chi connectivity index (χ4v) is 3.14. The van der Waals surface area contributed by atoms with Gasteiger partial charge in [-0.15, -0.1) is 0 Å². The lowest BCUT2D eigenvalue weighted by Crippen LogP contribution is -2.32. The molecular weight excluding hydrogens is 298 g/mol. The number of rotatable bonds is 8. The molecule has 0 fully saturated rings. The van der Waals surface area contributed by atoms with Gasteiger partial charge in [-0.2, -0.15) is 0 Å². The van der Waals surface area contributed by atoms with Crippen molar-refractivity contribution in [3.8, 4) is 0 Å². The van der Waals surface area contributed by atoms with E-state index in [2.05, 4.69) is 60.2 Å². The third kappa shape index (κ3) is 4.26. The van der Waals surface area contributed by atoms with E-state index in [0.717, 1.165) is 36.5 Å². The Morgan fingerprint density at radius 3 is 2.50 bits per heavy atom. The molecule has 0 radical (unpaired) electrons. The highest BCUT2D eigenvalue weighted by molar-refractivity contribution is 5.95. The van der Waals surface area contributed by atoms with Crippen molar-refractivity contribution < 1.29 is 4.79 Å². The van der Waals surface area contributed by atoms with Gasteiger partial charge in [-0.05, 0) is 45.4 Å². The summed E-state index contributed by atoms with van der Waals surface area (Å²) in [4.78, 5) is 12.5. The summed E-state index contributed by atoms with van der Waals surface area (Å²) in [7, 11) is 0. The van der Waals surface area contributed by atoms with Gasteiger partial charge in [0.05, 0.1) is 11.6 Å². The second kappa shape index (κ2) is 8.69. The van der Waals surface area contributed by atoms with Crippen molar-refractivity contribution in [2.75, 3.05) is 19.6 Å². The van der Waals surface area contributed by atoms with Crippen LogP contribution in [0.3, 0.4) is 0 Å². The highest BCUT2D eigenvalue weighted by atomic mass is 16.1. The van der Waals surface area contributed by atoms with Crippen LogP contribution in [0.1, 0.15) is 53.6 Å². The van der Waals surface area contributed by atoms with Gasteiger partial charge in [0.25, 0.3) is 5.91 Å². The molecule has 0 aliphatic heterocycles. The topological polar surface area (TPSA) is 46.1 Å². The zero-order valence-electron chi connectivity index (χ0n) is 15.2. The van der Waals surface area contributed by atoms with Gasteiger partial charge in [-0.1, -0.05) is 37.3 Å². The van der Waals surface area contributed by atoms with E-state index in [1.54, 1.807) is 0 Å². The predicted molar refractivity (Wildman–Crippen MR) is 99.7 cm³/mol. The molecule has 1 aromatic heterocycles. The Bertz CT molecular complexity index is 661. The predicted octanol–water partition coefficient (Wildman–Crippen LogP) is 3.44. The van der Waals surface area contributed by atoms with E-state index in [1.165, 1.54) is 5.56 Å². The monoisotopic (exact) mass is 327 g/mol. The molecule has 1 heterocycles. The molecule has 0 bridgehead atoms. The third-order valence-electron chi connectivity index (χ3n) is 4.41. The number of hydrogen-bond donors (Lipinski definition) is 2. The molecule has 24 heavy (non-hydrogen) atoms. The van der Waals surface area contributed by atoms with Crippen molar-refractivity contribution in [2.45, 2.75) is 40.2 Å². The van der Waals surface area contributed by atoms with Crippen molar-refractivity contribution in [3.05, 3.63) is 58.9 Å². The molecule has 1 aromatic carbocycles. The first-order valence-corrected chi connectivity index (χ1v) is 8.78. The van der Waals surface area contributed by atoms with Gasteiger partial charge in [-0.3, -0.25) is 4.79 Å². The first-order valence-electron chi connectivity index (χ1n) is 8.78. The van der Waals surface area contributed by atoms with Crippen molar-refractivity contribution in [3.63, 3.8) is 0 Å². The fourth-order valence-electron chi connectivity index (χ4n) is 3.14. The Balaban J connectivity index is 2.09. The fraction of sp³-hybridized carbons (Fsp3) is 0.450. The highest BCUT2D eigenvalue weighted by Crippen LogP contribution is 2.25. The van der Waals surface area contributed by atoms with E-state index in [9.17, 15) is 4.79 Å². The summed E-state index contributed by atoms with van der Waals surface area (Å²) < 4.78 is 2.24. The van der Waals surface area contributed by atoms with Gasteiger partial charge in [-0.25, -0.2) is 0 Å². The summed E-state index contributed by atoms with van der Waals surface area (Å²) in [5.41, 5.74) is 4.14. The zero-order valence-corrected chi connectivity index (χ0v) is 15.2. The van der Waals surface area contributed by atoms with Crippen LogP contribution >= 0.6 is 0 Å². The van der Waals surface area contributed by atoms with Gasteiger partial charge in [0.1, 0.15) is 0 Å². The molecule has 2 aromatic rings. The van der Waals surface area contributed by atoms with Crippen molar-refractivity contribution in [1.82, 2.24) is 15.2 Å². The molecule has 2 N–H and O–H groups in total. The number of aromatic nitrogens is 1. The molecule has 0 saturated carbocycles. The minimum atomic E-state index is 0.00732. The molecule has 130 valence electrons. The SMILES string of the molecule is CCCNCCNC(=O)c1cc(C)n(C(C)c2ccccc2)c1C. The molecule has 0 saturated heterocycles. The maximum atomic E-state index is 12.5. The summed E-state index contributed by atoms with van der Waals surface area (Å²) in [6, 6.07) is 12.6. The second-order valence-corrected chi connectivity index (χ2v) is 6.25. The quantitative estimate of drug-likeness (QED) is 0.730. The summed E-state index contributed by atoms with van der Waals surface area (Å²) in [6.07, 6.45) is 1.10. The number of nitrogens with zero attached hydrogens (tertiary/aromatic N) is 1. The molecular formula is C20H29N3O. The minimum Gasteiger partial charge on any atom is -0.351 e. The van der Waals surface area contributed by atoms with Gasteiger partial charge >= 0.3 is 0 Å². The maximum Gasteiger partial charge on any atom is 0.253 e. The summed E-state index contributed by atoms with van der Waals surface area (Å²) in [6.45, 7) is 10.8. The first-order chi connectivity index (χ1) is 11.6. The van der Waals surface area contributed by atoms with E-state index < -0.39 is 0 Å². The smallest absolute Gasteiger partial charge is 0.253 e. The van der Waals surface area contributed by atoms with Crippen molar-refractivity contribution >= 4 is 5.91 Å². The van der Waals surface area contributed by atoms with Crippen molar-refractivity contribution in [1.29, 1.82) is 0 Å². The molecule has 0 aliphatic carbocycles. The second-order valence-electron chi connectivity index (χ2n) is 6.25. The number of nitrogens with one attached hydrogen (secondary N) is 2. The molecule has 1 amide bonds. The number of amides is 1.